The number of hydrogen-bond acceptors (Lipinski definition) is 10. The van der Waals surface area contributed by atoms with Crippen LogP contribution in [0.4, 0.5) is 15.0 Å². The molecular weight excluding hydrogens is 610 g/mol. The SMILES string of the molecule is CCOC(=O)OCC12CCC(CC1)[C@H](Nc1nc(-c3c[nH]c4ncc(Cl)nc34)nc(-c3ccc(Cl)s3)c1F)[C@H]2C(=O)O. The Kier molecular flexibility index (Phi) is 7.66. The quantitative estimate of drug-likeness (QED) is 0.185. The van der Waals surface area contributed by atoms with Crippen LogP contribution in [0.1, 0.15) is 32.6 Å². The number of carbonyl (C=O) groups excluding carboxylic acids is 1. The number of aromatic amines is 1. The number of carbonyl (C=O) groups is 2. The second-order valence-electron chi connectivity index (χ2n) is 10.4. The van der Waals surface area contributed by atoms with Crippen molar-refractivity contribution in [3.05, 3.63) is 39.8 Å². The highest BCUT2D eigenvalue weighted by molar-refractivity contribution is 7.19. The maximum Gasteiger partial charge on any atom is 0.508 e. The van der Waals surface area contributed by atoms with Crippen molar-refractivity contribution in [1.82, 2.24) is 24.9 Å². The molecule has 0 amide bonds. The highest BCUT2D eigenvalue weighted by Gasteiger charge is 2.57. The minimum atomic E-state index is -1.06. The lowest BCUT2D eigenvalue weighted by Crippen LogP contribution is -2.59. The second kappa shape index (κ2) is 11.3. The van der Waals surface area contributed by atoms with Gasteiger partial charge in [0.05, 0.1) is 33.5 Å². The van der Waals surface area contributed by atoms with Crippen molar-refractivity contribution in [1.29, 1.82) is 0 Å². The van der Waals surface area contributed by atoms with E-state index in [-0.39, 0.29) is 41.6 Å². The van der Waals surface area contributed by atoms with Gasteiger partial charge in [0.2, 0.25) is 0 Å². The highest BCUT2D eigenvalue weighted by Crippen LogP contribution is 2.55. The van der Waals surface area contributed by atoms with Crippen molar-refractivity contribution in [2.45, 2.75) is 38.6 Å². The molecule has 220 valence electrons. The summed E-state index contributed by atoms with van der Waals surface area (Å²) in [6.07, 6.45) is 4.62. The van der Waals surface area contributed by atoms with E-state index in [1.807, 2.05) is 0 Å². The van der Waals surface area contributed by atoms with Crippen LogP contribution in [0.2, 0.25) is 9.49 Å². The zero-order chi connectivity index (χ0) is 29.6. The number of nitrogens with zero attached hydrogens (tertiary/aromatic N) is 4. The smallest absolute Gasteiger partial charge is 0.481 e. The number of H-pyrrole nitrogens is 1. The number of aromatic nitrogens is 5. The molecule has 3 saturated carbocycles. The van der Waals surface area contributed by atoms with Gasteiger partial charge in [-0.05, 0) is 50.7 Å². The lowest BCUT2D eigenvalue weighted by atomic mass is 9.53. The van der Waals surface area contributed by atoms with Crippen LogP contribution in [-0.2, 0) is 14.3 Å². The van der Waals surface area contributed by atoms with E-state index in [9.17, 15) is 14.7 Å². The molecule has 0 radical (unpaired) electrons. The van der Waals surface area contributed by atoms with Crippen LogP contribution < -0.4 is 5.32 Å². The van der Waals surface area contributed by atoms with Gasteiger partial charge >= 0.3 is 12.1 Å². The number of rotatable bonds is 8. The molecule has 4 heterocycles. The van der Waals surface area contributed by atoms with E-state index in [1.165, 1.54) is 6.20 Å². The largest absolute Gasteiger partial charge is 0.508 e. The molecule has 0 spiro atoms. The van der Waals surface area contributed by atoms with E-state index in [4.69, 9.17) is 32.7 Å². The van der Waals surface area contributed by atoms with Crippen LogP contribution in [0, 0.1) is 23.1 Å². The van der Waals surface area contributed by atoms with Crippen molar-refractivity contribution in [3.8, 4) is 22.0 Å². The lowest BCUT2D eigenvalue weighted by Gasteiger charge is -2.54. The molecule has 3 aliphatic rings. The van der Waals surface area contributed by atoms with Crippen LogP contribution in [0.3, 0.4) is 0 Å². The van der Waals surface area contributed by atoms with Gasteiger partial charge < -0.3 is 24.9 Å². The summed E-state index contributed by atoms with van der Waals surface area (Å²) in [5, 5.41) is 13.7. The molecule has 15 heteroatoms. The summed E-state index contributed by atoms with van der Waals surface area (Å²) >= 11 is 13.4. The molecule has 2 bridgehead atoms. The minimum Gasteiger partial charge on any atom is -0.481 e. The summed E-state index contributed by atoms with van der Waals surface area (Å²) in [4.78, 5) is 45.8. The molecule has 11 nitrogen and oxygen atoms in total. The van der Waals surface area contributed by atoms with Gasteiger partial charge in [0.15, 0.2) is 23.1 Å². The Morgan fingerprint density at radius 3 is 2.69 bits per heavy atom. The zero-order valence-electron chi connectivity index (χ0n) is 22.2. The predicted octanol–water partition coefficient (Wildman–Crippen LogP) is 6.43. The zero-order valence-corrected chi connectivity index (χ0v) is 24.5. The maximum atomic E-state index is 16.2. The van der Waals surface area contributed by atoms with Crippen molar-refractivity contribution < 1.29 is 28.6 Å². The summed E-state index contributed by atoms with van der Waals surface area (Å²) in [5.74, 6) is -2.88. The van der Waals surface area contributed by atoms with Crippen molar-refractivity contribution in [2.24, 2.45) is 17.3 Å². The average molecular weight is 636 g/mol. The van der Waals surface area contributed by atoms with Crippen LogP contribution >= 0.6 is 34.5 Å². The normalized spacial score (nSPS) is 23.2. The fraction of sp³-hybridized carbons (Fsp3) is 0.407. The number of halogens is 3. The third kappa shape index (κ3) is 5.13. The Labute approximate surface area is 252 Å². The predicted molar refractivity (Wildman–Crippen MR) is 154 cm³/mol. The molecule has 4 aromatic rings. The number of hydrogen-bond donors (Lipinski definition) is 3. The van der Waals surface area contributed by atoms with Gasteiger partial charge in [-0.2, -0.15) is 0 Å². The Bertz CT molecular complexity index is 1670. The summed E-state index contributed by atoms with van der Waals surface area (Å²) in [6.45, 7) is 1.69. The molecule has 3 aliphatic carbocycles. The summed E-state index contributed by atoms with van der Waals surface area (Å²) in [7, 11) is 0. The Hall–Kier alpha value is -3.55. The van der Waals surface area contributed by atoms with Crippen molar-refractivity contribution >= 4 is 63.6 Å². The molecule has 0 unspecified atom stereocenters. The minimum absolute atomic E-state index is 0.00283. The molecular formula is C27H25Cl2FN6O5S. The van der Waals surface area contributed by atoms with Crippen molar-refractivity contribution in [3.63, 3.8) is 0 Å². The number of carboxylic acid groups (broad SMARTS) is 1. The molecule has 42 heavy (non-hydrogen) atoms. The molecule has 0 saturated heterocycles. The van der Waals surface area contributed by atoms with Crippen LogP contribution in [0.25, 0.3) is 33.1 Å². The summed E-state index contributed by atoms with van der Waals surface area (Å²) < 4.78 is 26.9. The number of nitrogens with one attached hydrogen (secondary N) is 2. The Balaban J connectivity index is 1.42. The molecule has 0 aliphatic heterocycles. The lowest BCUT2D eigenvalue weighted by molar-refractivity contribution is -0.159. The molecule has 4 aromatic heterocycles. The van der Waals surface area contributed by atoms with Crippen LogP contribution in [0.15, 0.2) is 24.5 Å². The van der Waals surface area contributed by atoms with E-state index >= 15 is 4.39 Å². The van der Waals surface area contributed by atoms with Crippen molar-refractivity contribution in [2.75, 3.05) is 18.5 Å². The van der Waals surface area contributed by atoms with Gasteiger partial charge in [-0.15, -0.1) is 11.3 Å². The third-order valence-electron chi connectivity index (χ3n) is 8.11. The molecule has 0 aromatic carbocycles. The van der Waals surface area contributed by atoms with E-state index in [2.05, 4.69) is 30.2 Å². The van der Waals surface area contributed by atoms with Gasteiger partial charge in [0.1, 0.15) is 23.0 Å². The van der Waals surface area contributed by atoms with Crippen LogP contribution in [0.5, 0.6) is 0 Å². The van der Waals surface area contributed by atoms with Gasteiger partial charge in [-0.3, -0.25) is 4.79 Å². The second-order valence-corrected chi connectivity index (χ2v) is 12.5. The van der Waals surface area contributed by atoms with E-state index in [1.54, 1.807) is 25.3 Å². The maximum absolute atomic E-state index is 16.2. The average Bonchev–Trinajstić information content (AvgIpc) is 3.59. The highest BCUT2D eigenvalue weighted by atomic mass is 35.5. The summed E-state index contributed by atoms with van der Waals surface area (Å²) in [5.41, 5.74) is 0.426. The molecule has 2 atom stereocenters. The number of fused-ring (bicyclic) bond motifs is 4. The standard InChI is InChI=1S/C27H25Cl2FN6O5S/c1-2-40-26(39)41-11-27-7-5-12(6-8-27)19(17(27)25(37)38)34-23-18(30)21(14-3-4-16(29)42-14)35-22(36-23)13-9-31-24-20(13)33-15(28)10-32-24/h3-4,9-10,12,17,19H,2,5-8,11H2,1H3,(H,31,32)(H,37,38)(H,34,35,36)/t12?,17-,19-,27?/m0/s1. The first-order chi connectivity index (χ1) is 20.2. The number of ether oxygens (including phenoxy) is 2. The Morgan fingerprint density at radius 2 is 2.00 bits per heavy atom. The fourth-order valence-electron chi connectivity index (χ4n) is 6.22. The van der Waals surface area contributed by atoms with Crippen LogP contribution in [-0.4, -0.2) is 61.4 Å². The Morgan fingerprint density at radius 1 is 1.21 bits per heavy atom. The number of anilines is 1. The number of carboxylic acids is 1. The topological polar surface area (TPSA) is 152 Å². The summed E-state index contributed by atoms with van der Waals surface area (Å²) in [6, 6.07) is 2.60. The van der Waals surface area contributed by atoms with E-state index in [0.29, 0.717) is 51.6 Å². The first-order valence-corrected chi connectivity index (χ1v) is 14.9. The van der Waals surface area contributed by atoms with E-state index in [0.717, 1.165) is 11.3 Å². The monoisotopic (exact) mass is 634 g/mol. The first-order valence-electron chi connectivity index (χ1n) is 13.3. The first kappa shape index (κ1) is 28.6. The number of thiophene rings is 1. The van der Waals surface area contributed by atoms with Gasteiger partial charge in [-0.1, -0.05) is 23.2 Å². The number of aliphatic carboxylic acids is 1. The molecule has 3 N–H and O–H groups in total. The van der Waals surface area contributed by atoms with Gasteiger partial charge in [0.25, 0.3) is 0 Å². The van der Waals surface area contributed by atoms with Gasteiger partial charge in [0, 0.05) is 17.7 Å². The molecule has 3 fully saturated rings. The van der Waals surface area contributed by atoms with Gasteiger partial charge in [-0.25, -0.2) is 29.1 Å². The third-order valence-corrected chi connectivity index (χ3v) is 9.53. The fourth-order valence-corrected chi connectivity index (χ4v) is 7.38. The molecule has 7 rings (SSSR count). The van der Waals surface area contributed by atoms with E-state index < -0.39 is 35.3 Å².